The molecule has 0 aliphatic rings. The predicted molar refractivity (Wildman–Crippen MR) is 95.9 cm³/mol. The van der Waals surface area contributed by atoms with Gasteiger partial charge in [-0.15, -0.1) is 13.2 Å². The average molecular weight is 392 g/mol. The summed E-state index contributed by atoms with van der Waals surface area (Å²) in [6, 6.07) is 11.2. The molecule has 0 atom stereocenters. The van der Waals surface area contributed by atoms with Crippen LogP contribution in [0.2, 0.25) is 0 Å². The van der Waals surface area contributed by atoms with E-state index >= 15 is 0 Å². The van der Waals surface area contributed by atoms with Crippen molar-refractivity contribution in [3.63, 3.8) is 0 Å². The quantitative estimate of drug-likeness (QED) is 0.652. The van der Waals surface area contributed by atoms with Crippen molar-refractivity contribution >= 4 is 22.8 Å². The second-order valence-corrected chi connectivity index (χ2v) is 5.65. The van der Waals surface area contributed by atoms with Gasteiger partial charge >= 0.3 is 6.36 Å². The van der Waals surface area contributed by atoms with Crippen LogP contribution in [-0.4, -0.2) is 21.8 Å². The lowest BCUT2D eigenvalue weighted by molar-refractivity contribution is -0.274. The number of nitrogens with zero attached hydrogens (tertiary/aromatic N) is 2. The molecule has 0 saturated heterocycles. The number of hydrogen-bond donors (Lipinski definition) is 2. The van der Waals surface area contributed by atoms with Gasteiger partial charge in [0.1, 0.15) is 5.75 Å². The van der Waals surface area contributed by atoms with Crippen LogP contribution in [0.15, 0.2) is 53.3 Å². The van der Waals surface area contributed by atoms with Gasteiger partial charge in [-0.1, -0.05) is 12.1 Å². The Labute approximate surface area is 156 Å². The molecule has 0 unspecified atom stereocenters. The fraction of sp³-hybridized carbons (Fsp3) is 0.167. The standard InChI is InChI=1S/C18H15F3N4O3/c1-2-25-16(27)13-5-3-4-6-14(13)22-17(25)24-23-15(26)11-7-9-12(10-8-11)28-18(19,20)21/h3-10H,2H2,1H3,(H,22,24)(H,23,26). The molecule has 1 aromatic heterocycles. The summed E-state index contributed by atoms with van der Waals surface area (Å²) in [5.41, 5.74) is 5.25. The normalized spacial score (nSPS) is 11.3. The molecule has 146 valence electrons. The summed E-state index contributed by atoms with van der Waals surface area (Å²) in [5.74, 6) is -0.923. The van der Waals surface area contributed by atoms with Crippen LogP contribution in [0.25, 0.3) is 10.9 Å². The van der Waals surface area contributed by atoms with Crippen molar-refractivity contribution in [1.82, 2.24) is 15.0 Å². The first kappa shape index (κ1) is 19.2. The molecule has 2 aromatic carbocycles. The number of carbonyl (C=O) groups is 1. The number of nitrogens with one attached hydrogen (secondary N) is 2. The zero-order valence-corrected chi connectivity index (χ0v) is 14.6. The Morgan fingerprint density at radius 2 is 1.82 bits per heavy atom. The summed E-state index contributed by atoms with van der Waals surface area (Å²) in [4.78, 5) is 29.0. The van der Waals surface area contributed by atoms with Crippen LogP contribution in [0, 0.1) is 0 Å². The molecule has 0 radical (unpaired) electrons. The SMILES string of the molecule is CCn1c(NNC(=O)c2ccc(OC(F)(F)F)cc2)nc2ccccc2c1=O. The Morgan fingerprint density at radius 3 is 2.46 bits per heavy atom. The first-order chi connectivity index (χ1) is 13.3. The van der Waals surface area contributed by atoms with Gasteiger partial charge < -0.3 is 4.74 Å². The van der Waals surface area contributed by atoms with Crippen LogP contribution < -0.4 is 21.1 Å². The Hall–Kier alpha value is -3.56. The molecule has 1 amide bonds. The van der Waals surface area contributed by atoms with Crippen molar-refractivity contribution in [3.8, 4) is 5.75 Å². The van der Waals surface area contributed by atoms with Crippen LogP contribution in [0.1, 0.15) is 17.3 Å². The lowest BCUT2D eigenvalue weighted by Crippen LogP contribution is -2.34. The highest BCUT2D eigenvalue weighted by Gasteiger charge is 2.31. The van der Waals surface area contributed by atoms with Crippen LogP contribution in [0.4, 0.5) is 19.1 Å². The molecule has 0 aliphatic carbocycles. The van der Waals surface area contributed by atoms with Crippen LogP contribution in [0.5, 0.6) is 5.75 Å². The third-order valence-electron chi connectivity index (χ3n) is 3.82. The van der Waals surface area contributed by atoms with E-state index in [4.69, 9.17) is 0 Å². The lowest BCUT2D eigenvalue weighted by Gasteiger charge is -2.14. The van der Waals surface area contributed by atoms with Gasteiger partial charge in [-0.3, -0.25) is 25.0 Å². The average Bonchev–Trinajstić information content (AvgIpc) is 2.65. The molecule has 3 aromatic rings. The summed E-state index contributed by atoms with van der Waals surface area (Å²) >= 11 is 0. The highest BCUT2D eigenvalue weighted by Crippen LogP contribution is 2.22. The Balaban J connectivity index is 1.77. The van der Waals surface area contributed by atoms with Crippen molar-refractivity contribution in [2.45, 2.75) is 19.8 Å². The second-order valence-electron chi connectivity index (χ2n) is 5.65. The third kappa shape index (κ3) is 4.22. The van der Waals surface area contributed by atoms with Gasteiger partial charge in [0.15, 0.2) is 0 Å². The smallest absolute Gasteiger partial charge is 0.406 e. The maximum Gasteiger partial charge on any atom is 0.573 e. The molecule has 0 fully saturated rings. The van der Waals surface area contributed by atoms with Gasteiger partial charge in [-0.25, -0.2) is 4.98 Å². The number of hydrogen-bond acceptors (Lipinski definition) is 5. The molecule has 0 spiro atoms. The van der Waals surface area contributed by atoms with Gasteiger partial charge in [0.25, 0.3) is 11.5 Å². The molecule has 28 heavy (non-hydrogen) atoms. The fourth-order valence-corrected chi connectivity index (χ4v) is 2.55. The largest absolute Gasteiger partial charge is 0.573 e. The molecular weight excluding hydrogens is 377 g/mol. The number of anilines is 1. The second kappa shape index (κ2) is 7.59. The van der Waals surface area contributed by atoms with Gasteiger partial charge in [0.05, 0.1) is 10.9 Å². The zero-order chi connectivity index (χ0) is 20.3. The lowest BCUT2D eigenvalue weighted by atomic mass is 10.2. The number of aromatic nitrogens is 2. The van der Waals surface area contributed by atoms with E-state index in [9.17, 15) is 22.8 Å². The summed E-state index contributed by atoms with van der Waals surface area (Å²) in [6.45, 7) is 2.07. The van der Waals surface area contributed by atoms with Crippen molar-refractivity contribution in [2.24, 2.45) is 0 Å². The highest BCUT2D eigenvalue weighted by molar-refractivity contribution is 5.94. The van der Waals surface area contributed by atoms with E-state index in [1.54, 1.807) is 31.2 Å². The van der Waals surface area contributed by atoms with Crippen molar-refractivity contribution in [1.29, 1.82) is 0 Å². The monoisotopic (exact) mass is 392 g/mol. The minimum Gasteiger partial charge on any atom is -0.406 e. The van der Waals surface area contributed by atoms with Crippen LogP contribution in [0.3, 0.4) is 0 Å². The number of halogens is 3. The number of benzene rings is 2. The molecule has 2 N–H and O–H groups in total. The predicted octanol–water partition coefficient (Wildman–Crippen LogP) is 3.07. The minimum absolute atomic E-state index is 0.0909. The highest BCUT2D eigenvalue weighted by atomic mass is 19.4. The van der Waals surface area contributed by atoms with Gasteiger partial charge in [-0.05, 0) is 43.3 Å². The summed E-state index contributed by atoms with van der Waals surface area (Å²) in [6.07, 6.45) is -4.81. The maximum atomic E-state index is 12.5. The first-order valence-corrected chi connectivity index (χ1v) is 8.20. The molecular formula is C18H15F3N4O3. The zero-order valence-electron chi connectivity index (χ0n) is 14.6. The number of hydrazine groups is 1. The fourth-order valence-electron chi connectivity index (χ4n) is 2.55. The molecule has 10 heteroatoms. The molecule has 0 aliphatic heterocycles. The summed E-state index contributed by atoms with van der Waals surface area (Å²) in [5, 5.41) is 0.446. The Morgan fingerprint density at radius 1 is 1.14 bits per heavy atom. The number of rotatable bonds is 5. The van der Waals surface area contributed by atoms with E-state index < -0.39 is 18.0 Å². The van der Waals surface area contributed by atoms with Crippen molar-refractivity contribution in [3.05, 3.63) is 64.4 Å². The topological polar surface area (TPSA) is 85.2 Å². The van der Waals surface area contributed by atoms with E-state index in [0.29, 0.717) is 17.4 Å². The minimum atomic E-state index is -4.81. The third-order valence-corrected chi connectivity index (χ3v) is 3.82. The van der Waals surface area contributed by atoms with Gasteiger partial charge in [0, 0.05) is 12.1 Å². The number of alkyl halides is 3. The van der Waals surface area contributed by atoms with E-state index in [2.05, 4.69) is 20.6 Å². The van der Waals surface area contributed by atoms with Gasteiger partial charge in [-0.2, -0.15) is 0 Å². The van der Waals surface area contributed by atoms with E-state index in [0.717, 1.165) is 12.1 Å². The van der Waals surface area contributed by atoms with E-state index in [1.807, 2.05) is 0 Å². The van der Waals surface area contributed by atoms with E-state index in [1.165, 1.54) is 16.7 Å². The van der Waals surface area contributed by atoms with Gasteiger partial charge in [0.2, 0.25) is 5.95 Å². The molecule has 0 saturated carbocycles. The molecule has 1 heterocycles. The van der Waals surface area contributed by atoms with Crippen molar-refractivity contribution in [2.75, 3.05) is 5.43 Å². The first-order valence-electron chi connectivity index (χ1n) is 8.20. The van der Waals surface area contributed by atoms with Crippen LogP contribution >= 0.6 is 0 Å². The maximum absolute atomic E-state index is 12.5. The Bertz CT molecular complexity index is 1060. The number of carbonyl (C=O) groups excluding carboxylic acids is 1. The van der Waals surface area contributed by atoms with Crippen LogP contribution in [-0.2, 0) is 6.54 Å². The Kier molecular flexibility index (Phi) is 5.21. The summed E-state index contributed by atoms with van der Waals surface area (Å²) < 4.78 is 41.6. The molecule has 3 rings (SSSR count). The van der Waals surface area contributed by atoms with E-state index in [-0.39, 0.29) is 17.1 Å². The number of amides is 1. The summed E-state index contributed by atoms with van der Waals surface area (Å²) in [7, 11) is 0. The molecule has 7 nitrogen and oxygen atoms in total. The van der Waals surface area contributed by atoms with Crippen molar-refractivity contribution < 1.29 is 22.7 Å². The number of para-hydroxylation sites is 1. The number of ether oxygens (including phenoxy) is 1. The number of fused-ring (bicyclic) bond motifs is 1. The molecule has 0 bridgehead atoms.